The second-order valence-corrected chi connectivity index (χ2v) is 6.16. The molecule has 0 aliphatic heterocycles. The lowest BCUT2D eigenvalue weighted by molar-refractivity contribution is -0.390. The Labute approximate surface area is 110 Å². The van der Waals surface area contributed by atoms with E-state index >= 15 is 0 Å². The van der Waals surface area contributed by atoms with Crippen molar-refractivity contribution in [2.45, 2.75) is 25.2 Å². The van der Waals surface area contributed by atoms with E-state index in [0.29, 0.717) is 6.42 Å². The van der Waals surface area contributed by atoms with Crippen LogP contribution < -0.4 is 4.72 Å². The third-order valence-corrected chi connectivity index (χ3v) is 3.93. The molecular weight excluding hydrogens is 275 g/mol. The molecule has 1 aromatic rings. The number of sulfonamides is 1. The van der Waals surface area contributed by atoms with E-state index in [1.807, 2.05) is 13.8 Å². The number of nitro groups is 1. The molecule has 106 valence electrons. The summed E-state index contributed by atoms with van der Waals surface area (Å²) in [7, 11) is -4.09. The highest BCUT2D eigenvalue weighted by Crippen LogP contribution is 2.26. The van der Waals surface area contributed by atoms with Gasteiger partial charge in [-0.3, -0.25) is 10.1 Å². The number of hydrogen-bond acceptors (Lipinski definition) is 4. The van der Waals surface area contributed by atoms with Crippen LogP contribution in [0.5, 0.6) is 0 Å². The number of halogens is 1. The van der Waals surface area contributed by atoms with Crippen LogP contribution in [0.25, 0.3) is 0 Å². The third kappa shape index (κ3) is 3.97. The molecule has 0 amide bonds. The van der Waals surface area contributed by atoms with Gasteiger partial charge in [0.25, 0.3) is 0 Å². The van der Waals surface area contributed by atoms with Crippen molar-refractivity contribution in [2.75, 3.05) is 6.54 Å². The van der Waals surface area contributed by atoms with E-state index in [9.17, 15) is 22.9 Å². The van der Waals surface area contributed by atoms with Crippen molar-refractivity contribution in [2.24, 2.45) is 5.92 Å². The van der Waals surface area contributed by atoms with Crippen LogP contribution in [0.2, 0.25) is 0 Å². The van der Waals surface area contributed by atoms with Gasteiger partial charge in [0, 0.05) is 6.54 Å². The normalized spacial score (nSPS) is 11.8. The average Bonchev–Trinajstić information content (AvgIpc) is 2.27. The minimum Gasteiger partial charge on any atom is -0.258 e. The first-order chi connectivity index (χ1) is 8.75. The van der Waals surface area contributed by atoms with Gasteiger partial charge in [-0.05, 0) is 24.5 Å². The molecule has 0 aromatic heterocycles. The Morgan fingerprint density at radius 2 is 2.05 bits per heavy atom. The van der Waals surface area contributed by atoms with Crippen molar-refractivity contribution in [3.63, 3.8) is 0 Å². The largest absolute Gasteiger partial charge is 0.324 e. The maximum atomic E-state index is 13.3. The number of benzene rings is 1. The molecule has 0 spiro atoms. The van der Waals surface area contributed by atoms with Crippen molar-refractivity contribution in [3.8, 4) is 0 Å². The first-order valence-electron chi connectivity index (χ1n) is 5.68. The highest BCUT2D eigenvalue weighted by molar-refractivity contribution is 7.89. The van der Waals surface area contributed by atoms with E-state index in [4.69, 9.17) is 0 Å². The van der Waals surface area contributed by atoms with E-state index in [0.717, 1.165) is 18.2 Å². The minimum absolute atomic E-state index is 0.146. The Kier molecular flexibility index (Phi) is 4.96. The van der Waals surface area contributed by atoms with Crippen molar-refractivity contribution >= 4 is 15.7 Å². The van der Waals surface area contributed by atoms with E-state index in [2.05, 4.69) is 4.72 Å². The molecule has 0 aliphatic carbocycles. The van der Waals surface area contributed by atoms with E-state index in [1.165, 1.54) is 0 Å². The number of hydrogen-bond donors (Lipinski definition) is 1. The van der Waals surface area contributed by atoms with Crippen molar-refractivity contribution in [3.05, 3.63) is 34.1 Å². The minimum atomic E-state index is -4.09. The predicted octanol–water partition coefficient (Wildman–Crippen LogP) is 2.06. The molecule has 0 atom stereocenters. The summed E-state index contributed by atoms with van der Waals surface area (Å²) >= 11 is 0. The molecule has 0 unspecified atom stereocenters. The molecule has 0 saturated carbocycles. The first-order valence-corrected chi connectivity index (χ1v) is 7.16. The van der Waals surface area contributed by atoms with Crippen LogP contribution in [0.15, 0.2) is 23.1 Å². The van der Waals surface area contributed by atoms with Crippen LogP contribution in [0.3, 0.4) is 0 Å². The molecule has 1 aromatic carbocycles. The van der Waals surface area contributed by atoms with E-state index < -0.39 is 31.3 Å². The van der Waals surface area contributed by atoms with E-state index in [-0.39, 0.29) is 12.5 Å². The van der Waals surface area contributed by atoms with Crippen molar-refractivity contribution in [1.82, 2.24) is 4.72 Å². The standard InChI is InChI=1S/C11H15FN2O4S/c1-8(2)6-7-13-19(17,18)10-5-3-4-9(12)11(10)14(15)16/h3-5,8,13H,6-7H2,1-2H3. The summed E-state index contributed by atoms with van der Waals surface area (Å²) in [6.45, 7) is 3.98. The van der Waals surface area contributed by atoms with Crippen LogP contribution in [-0.2, 0) is 10.0 Å². The molecule has 1 N–H and O–H groups in total. The lowest BCUT2D eigenvalue weighted by atomic mass is 10.1. The summed E-state index contributed by atoms with van der Waals surface area (Å²) < 4.78 is 39.4. The Hall–Kier alpha value is -1.54. The fourth-order valence-electron chi connectivity index (χ4n) is 1.45. The molecule has 6 nitrogen and oxygen atoms in total. The van der Waals surface area contributed by atoms with Gasteiger partial charge in [-0.15, -0.1) is 0 Å². The highest BCUT2D eigenvalue weighted by Gasteiger charge is 2.28. The van der Waals surface area contributed by atoms with Crippen LogP contribution in [0.4, 0.5) is 10.1 Å². The predicted molar refractivity (Wildman–Crippen MR) is 67.7 cm³/mol. The molecule has 0 heterocycles. The molecule has 0 radical (unpaired) electrons. The smallest absolute Gasteiger partial charge is 0.258 e. The number of nitrogens with zero attached hydrogens (tertiary/aromatic N) is 1. The first kappa shape index (κ1) is 15.5. The number of nitro benzene ring substituents is 1. The zero-order valence-electron chi connectivity index (χ0n) is 10.6. The summed E-state index contributed by atoms with van der Waals surface area (Å²) in [5, 5.41) is 10.7. The second kappa shape index (κ2) is 6.07. The van der Waals surface area contributed by atoms with Crippen molar-refractivity contribution < 1.29 is 17.7 Å². The average molecular weight is 290 g/mol. The quantitative estimate of drug-likeness (QED) is 0.641. The Morgan fingerprint density at radius 1 is 1.42 bits per heavy atom. The third-order valence-electron chi connectivity index (χ3n) is 2.44. The van der Waals surface area contributed by atoms with Crippen LogP contribution in [0, 0.1) is 21.8 Å². The van der Waals surface area contributed by atoms with Crippen molar-refractivity contribution in [1.29, 1.82) is 0 Å². The van der Waals surface area contributed by atoms with Gasteiger partial charge in [0.15, 0.2) is 4.90 Å². The number of para-hydroxylation sites is 1. The zero-order valence-corrected chi connectivity index (χ0v) is 11.4. The van der Waals surface area contributed by atoms with Gasteiger partial charge in [-0.1, -0.05) is 19.9 Å². The molecule has 8 heteroatoms. The summed E-state index contributed by atoms with van der Waals surface area (Å²) in [4.78, 5) is 9.06. The zero-order chi connectivity index (χ0) is 14.6. The summed E-state index contributed by atoms with van der Waals surface area (Å²) in [5.41, 5.74) is -1.03. The summed E-state index contributed by atoms with van der Waals surface area (Å²) in [6, 6.07) is 2.99. The number of rotatable bonds is 6. The van der Waals surface area contributed by atoms with Gasteiger partial charge in [0.05, 0.1) is 4.92 Å². The fraction of sp³-hybridized carbons (Fsp3) is 0.455. The monoisotopic (exact) mass is 290 g/mol. The Morgan fingerprint density at radius 3 is 2.58 bits per heavy atom. The van der Waals surface area contributed by atoms with E-state index in [1.54, 1.807) is 0 Å². The van der Waals surface area contributed by atoms with Gasteiger partial charge in [0.1, 0.15) is 0 Å². The molecule has 0 fully saturated rings. The Bertz CT molecular complexity index is 572. The molecular formula is C11H15FN2O4S. The summed E-state index contributed by atoms with van der Waals surface area (Å²) in [6.07, 6.45) is 0.586. The maximum absolute atomic E-state index is 13.3. The van der Waals surface area contributed by atoms with Crippen LogP contribution in [-0.4, -0.2) is 19.9 Å². The maximum Gasteiger partial charge on any atom is 0.324 e. The highest BCUT2D eigenvalue weighted by atomic mass is 32.2. The molecule has 19 heavy (non-hydrogen) atoms. The van der Waals surface area contributed by atoms with Gasteiger partial charge >= 0.3 is 5.69 Å². The van der Waals surface area contributed by atoms with Gasteiger partial charge < -0.3 is 0 Å². The molecule has 0 aliphatic rings. The van der Waals surface area contributed by atoms with Crippen LogP contribution in [0.1, 0.15) is 20.3 Å². The van der Waals surface area contributed by atoms with Gasteiger partial charge in [0.2, 0.25) is 15.8 Å². The molecule has 0 saturated heterocycles. The van der Waals surface area contributed by atoms with Gasteiger partial charge in [-0.25, -0.2) is 13.1 Å². The molecule has 1 rings (SSSR count). The fourth-order valence-corrected chi connectivity index (χ4v) is 2.68. The summed E-state index contributed by atoms with van der Waals surface area (Å²) in [5.74, 6) is -0.887. The molecule has 0 bridgehead atoms. The van der Waals surface area contributed by atoms with Crippen LogP contribution >= 0.6 is 0 Å². The lowest BCUT2D eigenvalue weighted by Crippen LogP contribution is -2.26. The SMILES string of the molecule is CC(C)CCNS(=O)(=O)c1cccc(F)c1[N+](=O)[O-]. The Balaban J connectivity index is 3.08. The lowest BCUT2D eigenvalue weighted by Gasteiger charge is -2.08. The van der Waals surface area contributed by atoms with Gasteiger partial charge in [-0.2, -0.15) is 4.39 Å². The second-order valence-electron chi connectivity index (χ2n) is 4.42. The number of nitrogens with one attached hydrogen (secondary N) is 1. The topological polar surface area (TPSA) is 89.3 Å².